The van der Waals surface area contributed by atoms with Crippen molar-refractivity contribution >= 4 is 17.5 Å². The number of ketones is 2. The van der Waals surface area contributed by atoms with Crippen LogP contribution in [0.15, 0.2) is 22.8 Å². The summed E-state index contributed by atoms with van der Waals surface area (Å²) in [4.78, 5) is 36.4. The minimum absolute atomic E-state index is 0.152. The third-order valence-electron chi connectivity index (χ3n) is 2.62. The zero-order chi connectivity index (χ0) is 13.5. The molecule has 1 aromatic heterocycles. The van der Waals surface area contributed by atoms with Gasteiger partial charge in [0, 0.05) is 13.1 Å². The number of carbonyl (C=O) groups is 3. The third-order valence-corrected chi connectivity index (χ3v) is 2.62. The van der Waals surface area contributed by atoms with Gasteiger partial charge in [-0.25, -0.2) is 0 Å². The second kappa shape index (κ2) is 6.74. The Morgan fingerprint density at radius 3 is 2.33 bits per heavy atom. The summed E-state index contributed by atoms with van der Waals surface area (Å²) in [6, 6.07) is 3.08. The molecule has 1 aromatic rings. The van der Waals surface area contributed by atoms with Crippen LogP contribution in [0.3, 0.4) is 0 Å². The molecule has 0 fully saturated rings. The zero-order valence-electron chi connectivity index (χ0n) is 10.6. The van der Waals surface area contributed by atoms with Crippen LogP contribution in [0.2, 0.25) is 0 Å². The first-order chi connectivity index (χ1) is 8.58. The number of rotatable bonds is 7. The topological polar surface area (TPSA) is 67.6 Å². The molecule has 0 aliphatic carbocycles. The Balaban J connectivity index is 2.47. The lowest BCUT2D eigenvalue weighted by atomic mass is 10.1. The molecule has 0 saturated heterocycles. The molecule has 0 radical (unpaired) electrons. The summed E-state index contributed by atoms with van der Waals surface area (Å²) < 4.78 is 4.89. The number of hydrogen-bond donors (Lipinski definition) is 0. The van der Waals surface area contributed by atoms with Gasteiger partial charge in [-0.15, -0.1) is 0 Å². The molecule has 0 aromatic carbocycles. The van der Waals surface area contributed by atoms with Crippen LogP contribution in [0.1, 0.15) is 37.2 Å². The highest BCUT2D eigenvalue weighted by molar-refractivity contribution is 6.11. The van der Waals surface area contributed by atoms with Crippen molar-refractivity contribution in [2.45, 2.75) is 26.7 Å². The molecule has 0 spiro atoms. The number of furan rings is 1. The Morgan fingerprint density at radius 1 is 1.17 bits per heavy atom. The van der Waals surface area contributed by atoms with E-state index < -0.39 is 5.78 Å². The first-order valence-corrected chi connectivity index (χ1v) is 5.94. The average Bonchev–Trinajstić information content (AvgIpc) is 2.83. The van der Waals surface area contributed by atoms with Gasteiger partial charge in [-0.2, -0.15) is 0 Å². The maximum Gasteiger partial charge on any atom is 0.230 e. The average molecular weight is 251 g/mol. The lowest BCUT2D eigenvalue weighted by Crippen LogP contribution is -2.32. The molecule has 1 rings (SSSR count). The second-order valence-corrected chi connectivity index (χ2v) is 3.86. The molecule has 5 nitrogen and oxygen atoms in total. The van der Waals surface area contributed by atoms with Crippen molar-refractivity contribution < 1.29 is 18.8 Å². The molecule has 0 aliphatic heterocycles. The molecule has 0 bridgehead atoms. The predicted octanol–water partition coefficient (Wildman–Crippen LogP) is 1.68. The normalized spacial score (nSPS) is 10.1. The first-order valence-electron chi connectivity index (χ1n) is 5.94. The Kier molecular flexibility index (Phi) is 5.30. The SMILES string of the molecule is CCN(CC)C(=O)CC(=O)CC(=O)c1ccco1. The van der Waals surface area contributed by atoms with Crippen LogP contribution in [0.4, 0.5) is 0 Å². The van der Waals surface area contributed by atoms with Gasteiger partial charge in [0.1, 0.15) is 5.78 Å². The zero-order valence-corrected chi connectivity index (χ0v) is 10.6. The summed E-state index contributed by atoms with van der Waals surface area (Å²) in [5, 5.41) is 0. The van der Waals surface area contributed by atoms with Crippen molar-refractivity contribution in [3.63, 3.8) is 0 Å². The second-order valence-electron chi connectivity index (χ2n) is 3.86. The highest BCUT2D eigenvalue weighted by atomic mass is 16.3. The lowest BCUT2D eigenvalue weighted by Gasteiger charge is -2.17. The highest BCUT2D eigenvalue weighted by Crippen LogP contribution is 2.06. The fourth-order valence-electron chi connectivity index (χ4n) is 1.62. The Hall–Kier alpha value is -1.91. The van der Waals surface area contributed by atoms with E-state index in [9.17, 15) is 14.4 Å². The van der Waals surface area contributed by atoms with E-state index in [1.165, 1.54) is 12.3 Å². The van der Waals surface area contributed by atoms with E-state index in [4.69, 9.17) is 4.42 Å². The van der Waals surface area contributed by atoms with Crippen LogP contribution in [0.5, 0.6) is 0 Å². The molecule has 98 valence electrons. The predicted molar refractivity (Wildman–Crippen MR) is 65.2 cm³/mol. The van der Waals surface area contributed by atoms with Gasteiger partial charge in [-0.3, -0.25) is 14.4 Å². The summed E-state index contributed by atoms with van der Waals surface area (Å²) >= 11 is 0. The van der Waals surface area contributed by atoms with Crippen LogP contribution < -0.4 is 0 Å². The van der Waals surface area contributed by atoms with E-state index in [1.807, 2.05) is 13.8 Å². The van der Waals surface area contributed by atoms with Crippen LogP contribution in [0.25, 0.3) is 0 Å². The van der Waals surface area contributed by atoms with E-state index in [2.05, 4.69) is 0 Å². The van der Waals surface area contributed by atoms with Crippen molar-refractivity contribution in [2.24, 2.45) is 0 Å². The Morgan fingerprint density at radius 2 is 1.83 bits per heavy atom. The van der Waals surface area contributed by atoms with Gasteiger partial charge in [0.25, 0.3) is 0 Å². The summed E-state index contributed by atoms with van der Waals surface area (Å²) in [5.41, 5.74) is 0. The molecule has 1 heterocycles. The fourth-order valence-corrected chi connectivity index (χ4v) is 1.62. The molecular weight excluding hydrogens is 234 g/mol. The minimum atomic E-state index is -0.391. The number of nitrogens with zero attached hydrogens (tertiary/aromatic N) is 1. The standard InChI is InChI=1S/C13H17NO4/c1-3-14(4-2)13(17)9-10(15)8-11(16)12-6-5-7-18-12/h5-7H,3-4,8-9H2,1-2H3. The van der Waals surface area contributed by atoms with Gasteiger partial charge in [-0.1, -0.05) is 0 Å². The van der Waals surface area contributed by atoms with Crippen molar-refractivity contribution in [2.75, 3.05) is 13.1 Å². The van der Waals surface area contributed by atoms with E-state index in [0.717, 1.165) is 0 Å². The number of Topliss-reactive ketones (excluding diaryl/α,β-unsaturated/α-hetero) is 2. The molecule has 0 aliphatic rings. The van der Waals surface area contributed by atoms with Gasteiger partial charge in [0.05, 0.1) is 19.1 Å². The summed E-state index contributed by atoms with van der Waals surface area (Å²) in [6.07, 6.45) is 0.855. The minimum Gasteiger partial charge on any atom is -0.461 e. The Bertz CT molecular complexity index is 418. The van der Waals surface area contributed by atoms with Crippen LogP contribution in [-0.4, -0.2) is 35.5 Å². The lowest BCUT2D eigenvalue weighted by molar-refractivity contribution is -0.134. The summed E-state index contributed by atoms with van der Waals surface area (Å²) in [5.74, 6) is -0.860. The van der Waals surface area contributed by atoms with Gasteiger partial charge in [0.15, 0.2) is 5.76 Å². The highest BCUT2D eigenvalue weighted by Gasteiger charge is 2.19. The molecule has 1 amide bonds. The molecular formula is C13H17NO4. The van der Waals surface area contributed by atoms with Gasteiger partial charge in [-0.05, 0) is 26.0 Å². The van der Waals surface area contributed by atoms with Crippen molar-refractivity contribution in [3.8, 4) is 0 Å². The van der Waals surface area contributed by atoms with E-state index in [1.54, 1.807) is 11.0 Å². The number of carbonyl (C=O) groups excluding carboxylic acids is 3. The third kappa shape index (κ3) is 3.84. The van der Waals surface area contributed by atoms with Crippen LogP contribution >= 0.6 is 0 Å². The van der Waals surface area contributed by atoms with Gasteiger partial charge in [0.2, 0.25) is 11.7 Å². The summed E-state index contributed by atoms with van der Waals surface area (Å²) in [7, 11) is 0. The quantitative estimate of drug-likeness (QED) is 0.546. The molecule has 0 unspecified atom stereocenters. The first kappa shape index (κ1) is 14.2. The van der Waals surface area contributed by atoms with E-state index in [0.29, 0.717) is 13.1 Å². The van der Waals surface area contributed by atoms with Crippen LogP contribution in [0, 0.1) is 0 Å². The van der Waals surface area contributed by atoms with Crippen molar-refractivity contribution in [3.05, 3.63) is 24.2 Å². The smallest absolute Gasteiger partial charge is 0.230 e. The molecule has 0 saturated carbocycles. The number of hydrogen-bond acceptors (Lipinski definition) is 4. The van der Waals surface area contributed by atoms with E-state index in [-0.39, 0.29) is 30.3 Å². The van der Waals surface area contributed by atoms with Crippen molar-refractivity contribution in [1.82, 2.24) is 4.90 Å². The molecule has 0 N–H and O–H groups in total. The maximum absolute atomic E-state index is 11.7. The maximum atomic E-state index is 11.7. The molecule has 5 heteroatoms. The Labute approximate surface area is 106 Å². The van der Waals surface area contributed by atoms with Crippen molar-refractivity contribution in [1.29, 1.82) is 0 Å². The van der Waals surface area contributed by atoms with Crippen LogP contribution in [-0.2, 0) is 9.59 Å². The summed E-state index contributed by atoms with van der Waals surface area (Å²) in [6.45, 7) is 4.82. The van der Waals surface area contributed by atoms with E-state index >= 15 is 0 Å². The largest absolute Gasteiger partial charge is 0.461 e. The van der Waals surface area contributed by atoms with Gasteiger partial charge >= 0.3 is 0 Å². The number of amides is 1. The fraction of sp³-hybridized carbons (Fsp3) is 0.462. The molecule has 0 atom stereocenters. The van der Waals surface area contributed by atoms with Gasteiger partial charge < -0.3 is 9.32 Å². The molecule has 18 heavy (non-hydrogen) atoms. The monoisotopic (exact) mass is 251 g/mol.